The molecule has 1 atom stereocenters. The number of nitrogens with two attached hydrogens (primary N) is 1. The number of amides is 1. The van der Waals surface area contributed by atoms with Crippen LogP contribution in [0.15, 0.2) is 36.9 Å². The Hall–Kier alpha value is -2.37. The highest BCUT2D eigenvalue weighted by Crippen LogP contribution is 2.20. The van der Waals surface area contributed by atoms with Crippen LogP contribution in [0.4, 0.5) is 15.8 Å². The van der Waals surface area contributed by atoms with Gasteiger partial charge in [0, 0.05) is 12.4 Å². The molecule has 1 heterocycles. The normalized spacial score (nSPS) is 12.1. The Kier molecular flexibility index (Phi) is 3.27. The van der Waals surface area contributed by atoms with Crippen molar-refractivity contribution in [2.24, 2.45) is 0 Å². The van der Waals surface area contributed by atoms with E-state index in [1.54, 1.807) is 30.2 Å². The van der Waals surface area contributed by atoms with Gasteiger partial charge in [0.05, 0.1) is 17.7 Å². The zero-order chi connectivity index (χ0) is 13.1. The van der Waals surface area contributed by atoms with Gasteiger partial charge in [0.1, 0.15) is 11.9 Å². The molecular weight excluding hydrogens is 235 g/mol. The number of nitrogens with zero attached hydrogens (tertiary/aromatic N) is 2. The smallest absolute Gasteiger partial charge is 0.247 e. The zero-order valence-corrected chi connectivity index (χ0v) is 9.80. The van der Waals surface area contributed by atoms with Crippen LogP contribution in [0.25, 0.3) is 0 Å². The highest BCUT2D eigenvalue weighted by Gasteiger charge is 2.15. The predicted molar refractivity (Wildman–Crippen MR) is 66.4 cm³/mol. The fourth-order valence-corrected chi connectivity index (χ4v) is 1.52. The van der Waals surface area contributed by atoms with Gasteiger partial charge in [0.25, 0.3) is 0 Å². The highest BCUT2D eigenvalue weighted by molar-refractivity contribution is 5.96. The summed E-state index contributed by atoms with van der Waals surface area (Å²) in [6.45, 7) is 1.73. The Morgan fingerprint density at radius 3 is 2.94 bits per heavy atom. The van der Waals surface area contributed by atoms with Gasteiger partial charge in [0.2, 0.25) is 5.91 Å². The van der Waals surface area contributed by atoms with E-state index in [4.69, 9.17) is 5.73 Å². The molecule has 0 saturated carbocycles. The molecule has 1 aromatic carbocycles. The number of benzene rings is 1. The molecule has 0 radical (unpaired) electrons. The number of imidazole rings is 1. The Morgan fingerprint density at radius 2 is 2.33 bits per heavy atom. The van der Waals surface area contributed by atoms with Crippen LogP contribution in [0.1, 0.15) is 13.0 Å². The number of nitrogen functional groups attached to an aromatic ring is 1. The van der Waals surface area contributed by atoms with E-state index in [9.17, 15) is 9.18 Å². The van der Waals surface area contributed by atoms with Crippen molar-refractivity contribution in [3.8, 4) is 0 Å². The van der Waals surface area contributed by atoms with Crippen molar-refractivity contribution in [2.45, 2.75) is 13.0 Å². The van der Waals surface area contributed by atoms with Gasteiger partial charge in [-0.15, -0.1) is 0 Å². The molecule has 2 aromatic rings. The van der Waals surface area contributed by atoms with E-state index in [0.717, 1.165) is 6.07 Å². The minimum Gasteiger partial charge on any atom is -0.397 e. The maximum Gasteiger partial charge on any atom is 0.247 e. The second-order valence-corrected chi connectivity index (χ2v) is 3.91. The van der Waals surface area contributed by atoms with E-state index < -0.39 is 11.9 Å². The number of hydrogen-bond donors (Lipinski definition) is 2. The van der Waals surface area contributed by atoms with Crippen molar-refractivity contribution in [3.05, 3.63) is 42.7 Å². The van der Waals surface area contributed by atoms with Crippen LogP contribution in [0.5, 0.6) is 0 Å². The van der Waals surface area contributed by atoms with E-state index in [0.29, 0.717) is 5.69 Å². The zero-order valence-electron chi connectivity index (χ0n) is 9.80. The van der Waals surface area contributed by atoms with Gasteiger partial charge in [-0.2, -0.15) is 0 Å². The maximum absolute atomic E-state index is 12.9. The average Bonchev–Trinajstić information content (AvgIpc) is 2.85. The lowest BCUT2D eigenvalue weighted by molar-refractivity contribution is -0.118. The van der Waals surface area contributed by atoms with E-state index in [-0.39, 0.29) is 11.6 Å². The van der Waals surface area contributed by atoms with Crippen molar-refractivity contribution >= 4 is 17.3 Å². The summed E-state index contributed by atoms with van der Waals surface area (Å²) in [6.07, 6.45) is 4.84. The summed E-state index contributed by atoms with van der Waals surface area (Å²) < 4.78 is 14.5. The van der Waals surface area contributed by atoms with Crippen LogP contribution in [-0.4, -0.2) is 15.5 Å². The first-order valence-corrected chi connectivity index (χ1v) is 5.41. The van der Waals surface area contributed by atoms with Gasteiger partial charge in [-0.25, -0.2) is 9.37 Å². The molecule has 0 bridgehead atoms. The van der Waals surface area contributed by atoms with E-state index in [1.165, 1.54) is 12.1 Å². The minimum absolute atomic E-state index is 0.196. The number of anilines is 2. The molecule has 0 aliphatic heterocycles. The lowest BCUT2D eigenvalue weighted by Crippen LogP contribution is -2.23. The van der Waals surface area contributed by atoms with E-state index in [2.05, 4.69) is 10.3 Å². The Labute approximate surface area is 103 Å². The molecule has 6 heteroatoms. The lowest BCUT2D eigenvalue weighted by Gasteiger charge is -2.14. The van der Waals surface area contributed by atoms with Crippen molar-refractivity contribution < 1.29 is 9.18 Å². The number of carbonyl (C=O) groups is 1. The SMILES string of the molecule is CC(C(=O)Nc1ccc(F)cc1N)n1ccnc1. The molecule has 0 aliphatic carbocycles. The summed E-state index contributed by atoms with van der Waals surface area (Å²) in [5, 5.41) is 2.65. The lowest BCUT2D eigenvalue weighted by atomic mass is 10.2. The van der Waals surface area contributed by atoms with Gasteiger partial charge < -0.3 is 15.6 Å². The summed E-state index contributed by atoms with van der Waals surface area (Å²) in [5.74, 6) is -0.681. The van der Waals surface area contributed by atoms with Crippen LogP contribution in [-0.2, 0) is 4.79 Å². The number of halogens is 1. The van der Waals surface area contributed by atoms with Crippen LogP contribution in [0.2, 0.25) is 0 Å². The van der Waals surface area contributed by atoms with Crippen LogP contribution >= 0.6 is 0 Å². The molecule has 0 spiro atoms. The average molecular weight is 248 g/mol. The Morgan fingerprint density at radius 1 is 1.56 bits per heavy atom. The molecule has 1 unspecified atom stereocenters. The van der Waals surface area contributed by atoms with E-state index in [1.807, 2.05) is 0 Å². The van der Waals surface area contributed by atoms with Gasteiger partial charge in [-0.1, -0.05) is 0 Å². The number of rotatable bonds is 3. The summed E-state index contributed by atoms with van der Waals surface area (Å²) >= 11 is 0. The van der Waals surface area contributed by atoms with Gasteiger partial charge >= 0.3 is 0 Å². The summed E-state index contributed by atoms with van der Waals surface area (Å²) in [6, 6.07) is 3.42. The number of nitrogens with one attached hydrogen (secondary N) is 1. The van der Waals surface area contributed by atoms with Gasteiger partial charge in [-0.05, 0) is 25.1 Å². The first-order valence-electron chi connectivity index (χ1n) is 5.41. The molecule has 3 N–H and O–H groups in total. The van der Waals surface area contributed by atoms with Crippen LogP contribution in [0.3, 0.4) is 0 Å². The fraction of sp³-hybridized carbons (Fsp3) is 0.167. The molecule has 5 nitrogen and oxygen atoms in total. The molecule has 1 aromatic heterocycles. The molecule has 1 amide bonds. The number of hydrogen-bond acceptors (Lipinski definition) is 3. The molecule has 0 saturated heterocycles. The minimum atomic E-state index is -0.437. The van der Waals surface area contributed by atoms with E-state index >= 15 is 0 Å². The molecule has 2 rings (SSSR count). The molecule has 0 aliphatic rings. The Bertz CT molecular complexity index is 553. The topological polar surface area (TPSA) is 72.9 Å². The molecule has 18 heavy (non-hydrogen) atoms. The number of aromatic nitrogens is 2. The third kappa shape index (κ3) is 2.48. The fourth-order valence-electron chi connectivity index (χ4n) is 1.52. The highest BCUT2D eigenvalue weighted by atomic mass is 19.1. The first kappa shape index (κ1) is 12.1. The maximum atomic E-state index is 12.9. The largest absolute Gasteiger partial charge is 0.397 e. The van der Waals surface area contributed by atoms with Crippen molar-refractivity contribution in [3.63, 3.8) is 0 Å². The second kappa shape index (κ2) is 4.87. The van der Waals surface area contributed by atoms with Crippen LogP contribution in [0, 0.1) is 5.82 Å². The Balaban J connectivity index is 2.12. The standard InChI is InChI=1S/C12H13FN4O/c1-8(17-5-4-15-7-17)12(18)16-11-3-2-9(13)6-10(11)14/h2-8H,14H2,1H3,(H,16,18). The number of carbonyl (C=O) groups excluding carboxylic acids is 1. The monoisotopic (exact) mass is 248 g/mol. The second-order valence-electron chi connectivity index (χ2n) is 3.91. The van der Waals surface area contributed by atoms with Crippen molar-refractivity contribution in [1.29, 1.82) is 0 Å². The molecular formula is C12H13FN4O. The predicted octanol–water partition coefficient (Wildman–Crippen LogP) is 1.80. The molecule has 94 valence electrons. The third-order valence-corrected chi connectivity index (χ3v) is 2.62. The summed E-state index contributed by atoms with van der Waals surface area (Å²) in [4.78, 5) is 15.8. The van der Waals surface area contributed by atoms with Crippen molar-refractivity contribution in [2.75, 3.05) is 11.1 Å². The summed E-state index contributed by atoms with van der Waals surface area (Å²) in [7, 11) is 0. The van der Waals surface area contributed by atoms with Crippen LogP contribution < -0.4 is 11.1 Å². The quantitative estimate of drug-likeness (QED) is 0.813. The van der Waals surface area contributed by atoms with Gasteiger partial charge in [-0.3, -0.25) is 4.79 Å². The first-order chi connectivity index (χ1) is 8.58. The van der Waals surface area contributed by atoms with Gasteiger partial charge in [0.15, 0.2) is 0 Å². The van der Waals surface area contributed by atoms with Crippen molar-refractivity contribution in [1.82, 2.24) is 9.55 Å². The summed E-state index contributed by atoms with van der Waals surface area (Å²) in [5.41, 5.74) is 6.21. The molecule has 0 fully saturated rings. The third-order valence-electron chi connectivity index (χ3n) is 2.62.